The Hall–Kier alpha value is -2.29. The zero-order chi connectivity index (χ0) is 13.5. The van der Waals surface area contributed by atoms with Crippen LogP contribution in [0.3, 0.4) is 0 Å². The molecule has 0 bridgehead atoms. The third-order valence-electron chi connectivity index (χ3n) is 2.79. The number of benzene rings is 2. The quantitative estimate of drug-likeness (QED) is 0.862. The van der Waals surface area contributed by atoms with E-state index in [1.165, 1.54) is 11.1 Å². The van der Waals surface area contributed by atoms with Gasteiger partial charge in [-0.15, -0.1) is 0 Å². The number of hydrogen-bond donors (Lipinski definition) is 1. The Kier molecular flexibility index (Phi) is 4.56. The van der Waals surface area contributed by atoms with Crippen LogP contribution in [0.1, 0.15) is 17.5 Å². The van der Waals surface area contributed by atoms with Crippen molar-refractivity contribution < 1.29 is 9.53 Å². The van der Waals surface area contributed by atoms with Crippen molar-refractivity contribution in [1.82, 2.24) is 0 Å². The number of nitrogens with two attached hydrogens (primary N) is 1. The van der Waals surface area contributed by atoms with Crippen LogP contribution >= 0.6 is 0 Å². The van der Waals surface area contributed by atoms with Crippen molar-refractivity contribution >= 4 is 5.91 Å². The van der Waals surface area contributed by atoms with Crippen LogP contribution in [0.4, 0.5) is 0 Å². The molecule has 2 N–H and O–H groups in total. The Morgan fingerprint density at radius 2 is 1.58 bits per heavy atom. The summed E-state index contributed by atoms with van der Waals surface area (Å²) in [6.45, 7) is 0.327. The van der Waals surface area contributed by atoms with Crippen LogP contribution in [0.15, 0.2) is 54.6 Å². The van der Waals surface area contributed by atoms with Crippen LogP contribution in [0.5, 0.6) is 5.75 Å². The van der Waals surface area contributed by atoms with Crippen molar-refractivity contribution in [2.45, 2.75) is 12.8 Å². The van der Waals surface area contributed by atoms with Crippen LogP contribution in [-0.4, -0.2) is 12.5 Å². The van der Waals surface area contributed by atoms with Gasteiger partial charge in [0.25, 0.3) is 0 Å². The first-order valence-corrected chi connectivity index (χ1v) is 6.28. The molecule has 0 heterocycles. The number of ether oxygens (including phenoxy) is 1. The van der Waals surface area contributed by atoms with Crippen LogP contribution < -0.4 is 10.5 Å². The van der Waals surface area contributed by atoms with E-state index in [4.69, 9.17) is 10.5 Å². The summed E-state index contributed by atoms with van der Waals surface area (Å²) in [6.07, 6.45) is 1.15. The minimum Gasteiger partial charge on any atom is -0.493 e. The monoisotopic (exact) mass is 255 g/mol. The molecule has 2 aromatic rings. The van der Waals surface area contributed by atoms with E-state index in [1.807, 2.05) is 42.5 Å². The molecule has 2 aromatic carbocycles. The van der Waals surface area contributed by atoms with E-state index in [0.717, 1.165) is 12.2 Å². The van der Waals surface area contributed by atoms with E-state index >= 15 is 0 Å². The Balaban J connectivity index is 1.89. The second kappa shape index (κ2) is 6.59. The number of primary amides is 1. The Morgan fingerprint density at radius 3 is 2.21 bits per heavy atom. The Labute approximate surface area is 113 Å². The summed E-state index contributed by atoms with van der Waals surface area (Å²) in [5, 5.41) is 0. The fourth-order valence-electron chi connectivity index (χ4n) is 1.80. The minimum atomic E-state index is -0.347. The van der Waals surface area contributed by atoms with Gasteiger partial charge in [-0.2, -0.15) is 0 Å². The van der Waals surface area contributed by atoms with Crippen molar-refractivity contribution in [3.8, 4) is 5.75 Å². The second-order valence-electron chi connectivity index (χ2n) is 4.37. The van der Waals surface area contributed by atoms with Gasteiger partial charge in [0.2, 0.25) is 5.91 Å². The summed E-state index contributed by atoms with van der Waals surface area (Å²) in [7, 11) is 0. The second-order valence-corrected chi connectivity index (χ2v) is 4.37. The van der Waals surface area contributed by atoms with Gasteiger partial charge in [0.15, 0.2) is 0 Å². The molecule has 19 heavy (non-hydrogen) atoms. The Morgan fingerprint density at radius 1 is 0.947 bits per heavy atom. The molecule has 3 nitrogen and oxygen atoms in total. The highest BCUT2D eigenvalue weighted by Gasteiger charge is 1.99. The van der Waals surface area contributed by atoms with Crippen LogP contribution in [0.2, 0.25) is 0 Å². The zero-order valence-electron chi connectivity index (χ0n) is 10.7. The summed E-state index contributed by atoms with van der Waals surface area (Å²) < 4.78 is 5.42. The Bertz CT molecular complexity index is 520. The molecule has 0 aliphatic rings. The van der Waals surface area contributed by atoms with Crippen LogP contribution in [-0.2, 0) is 11.2 Å². The van der Waals surface area contributed by atoms with Crippen LogP contribution in [0.25, 0.3) is 0 Å². The number of hydrogen-bond acceptors (Lipinski definition) is 2. The molecule has 0 atom stereocenters. The van der Waals surface area contributed by atoms with Gasteiger partial charge in [0.1, 0.15) is 5.75 Å². The van der Waals surface area contributed by atoms with Crippen molar-refractivity contribution in [3.63, 3.8) is 0 Å². The van der Waals surface area contributed by atoms with Gasteiger partial charge in [0, 0.05) is 0 Å². The number of amides is 1. The lowest BCUT2D eigenvalue weighted by atomic mass is 10.1. The highest BCUT2D eigenvalue weighted by molar-refractivity contribution is 5.73. The molecule has 0 radical (unpaired) electrons. The first kappa shape index (κ1) is 13.1. The standard InChI is InChI=1S/C16H17NO2/c17-16(18)10-11-19-15-8-6-14(7-9-15)12-13-4-2-1-3-5-13/h1-9H,10-12H2,(H2,17,18). The smallest absolute Gasteiger partial charge is 0.220 e. The topological polar surface area (TPSA) is 52.3 Å². The van der Waals surface area contributed by atoms with Gasteiger partial charge in [0.05, 0.1) is 13.0 Å². The van der Waals surface area contributed by atoms with Crippen LogP contribution in [0, 0.1) is 0 Å². The lowest BCUT2D eigenvalue weighted by molar-refractivity contribution is -0.118. The summed E-state index contributed by atoms with van der Waals surface area (Å²) in [5.74, 6) is 0.416. The summed E-state index contributed by atoms with van der Waals surface area (Å²) >= 11 is 0. The molecule has 98 valence electrons. The molecule has 0 aromatic heterocycles. The van der Waals surface area contributed by atoms with Gasteiger partial charge in [-0.1, -0.05) is 42.5 Å². The minimum absolute atomic E-state index is 0.242. The summed E-state index contributed by atoms with van der Waals surface area (Å²) in [6, 6.07) is 18.2. The average Bonchev–Trinajstić information content (AvgIpc) is 2.42. The summed E-state index contributed by atoms with van der Waals surface area (Å²) in [5.41, 5.74) is 7.56. The molecular weight excluding hydrogens is 238 g/mol. The van der Waals surface area contributed by atoms with Gasteiger partial charge >= 0.3 is 0 Å². The average molecular weight is 255 g/mol. The molecule has 0 fully saturated rings. The van der Waals surface area contributed by atoms with Crippen molar-refractivity contribution in [3.05, 3.63) is 65.7 Å². The molecule has 0 aliphatic heterocycles. The fraction of sp³-hybridized carbons (Fsp3) is 0.188. The van der Waals surface area contributed by atoms with Crippen molar-refractivity contribution in [2.75, 3.05) is 6.61 Å². The lowest BCUT2D eigenvalue weighted by Gasteiger charge is -2.06. The van der Waals surface area contributed by atoms with E-state index in [0.29, 0.717) is 6.61 Å². The van der Waals surface area contributed by atoms with Gasteiger partial charge in [-0.05, 0) is 29.7 Å². The van der Waals surface area contributed by atoms with Gasteiger partial charge in [-0.25, -0.2) is 0 Å². The van der Waals surface area contributed by atoms with Crippen molar-refractivity contribution in [1.29, 1.82) is 0 Å². The number of rotatable bonds is 6. The highest BCUT2D eigenvalue weighted by Crippen LogP contribution is 2.15. The maximum absolute atomic E-state index is 10.6. The molecule has 1 amide bonds. The molecule has 0 saturated carbocycles. The largest absolute Gasteiger partial charge is 0.493 e. The molecule has 0 saturated heterocycles. The molecule has 0 aliphatic carbocycles. The maximum atomic E-state index is 10.6. The normalized spacial score (nSPS) is 10.1. The van der Waals surface area contributed by atoms with E-state index in [1.54, 1.807) is 0 Å². The number of carbonyl (C=O) groups is 1. The zero-order valence-corrected chi connectivity index (χ0v) is 10.7. The van der Waals surface area contributed by atoms with E-state index in [-0.39, 0.29) is 12.3 Å². The fourth-order valence-corrected chi connectivity index (χ4v) is 1.80. The number of carbonyl (C=O) groups excluding carboxylic acids is 1. The summed E-state index contributed by atoms with van der Waals surface area (Å²) in [4.78, 5) is 10.6. The van der Waals surface area contributed by atoms with E-state index < -0.39 is 0 Å². The third-order valence-corrected chi connectivity index (χ3v) is 2.79. The molecular formula is C16H17NO2. The predicted octanol–water partition coefficient (Wildman–Crippen LogP) is 2.53. The molecule has 0 spiro atoms. The van der Waals surface area contributed by atoms with Gasteiger partial charge in [-0.3, -0.25) is 4.79 Å². The van der Waals surface area contributed by atoms with Crippen molar-refractivity contribution in [2.24, 2.45) is 5.73 Å². The predicted molar refractivity (Wildman–Crippen MR) is 75.0 cm³/mol. The SMILES string of the molecule is NC(=O)CCOc1ccc(Cc2ccccc2)cc1. The molecule has 0 unspecified atom stereocenters. The first-order valence-electron chi connectivity index (χ1n) is 6.28. The van der Waals surface area contributed by atoms with Gasteiger partial charge < -0.3 is 10.5 Å². The highest BCUT2D eigenvalue weighted by atomic mass is 16.5. The third kappa shape index (κ3) is 4.47. The first-order chi connectivity index (χ1) is 9.24. The van der Waals surface area contributed by atoms with E-state index in [2.05, 4.69) is 12.1 Å². The lowest BCUT2D eigenvalue weighted by Crippen LogP contribution is -2.14. The molecule has 2 rings (SSSR count). The maximum Gasteiger partial charge on any atom is 0.220 e. The van der Waals surface area contributed by atoms with E-state index in [9.17, 15) is 4.79 Å². The molecule has 3 heteroatoms.